The second-order valence-corrected chi connectivity index (χ2v) is 10.1. The van der Waals surface area contributed by atoms with Crippen LogP contribution in [0.15, 0.2) is 36.0 Å². The predicted molar refractivity (Wildman–Crippen MR) is 124 cm³/mol. The summed E-state index contributed by atoms with van der Waals surface area (Å²) in [6.07, 6.45) is 15.0. The largest absolute Gasteiger partial charge is 0.361 e. The molecule has 0 N–H and O–H groups in total. The van der Waals surface area contributed by atoms with Crippen molar-refractivity contribution in [3.05, 3.63) is 36.0 Å². The van der Waals surface area contributed by atoms with Crippen LogP contribution in [0.3, 0.4) is 0 Å². The van der Waals surface area contributed by atoms with E-state index in [1.54, 1.807) is 0 Å². The number of hydrogen-bond donors (Lipinski definition) is 0. The van der Waals surface area contributed by atoms with Crippen LogP contribution in [0.25, 0.3) is 0 Å². The van der Waals surface area contributed by atoms with E-state index in [0.717, 1.165) is 45.3 Å². The van der Waals surface area contributed by atoms with E-state index in [9.17, 15) is 0 Å². The molecule has 2 fully saturated rings. The fourth-order valence-electron chi connectivity index (χ4n) is 4.74. The van der Waals surface area contributed by atoms with E-state index in [1.807, 2.05) is 6.08 Å². The van der Waals surface area contributed by atoms with Gasteiger partial charge in [-0.25, -0.2) is 4.90 Å². The quantitative estimate of drug-likeness (QED) is 0.332. The molecule has 0 saturated carbocycles. The Balaban J connectivity index is 1.99. The summed E-state index contributed by atoms with van der Waals surface area (Å²) in [5, 5.41) is 0. The summed E-state index contributed by atoms with van der Waals surface area (Å²) in [7, 11) is 0. The van der Waals surface area contributed by atoms with E-state index in [-0.39, 0.29) is 18.0 Å². The van der Waals surface area contributed by atoms with E-state index in [1.165, 1.54) is 24.0 Å². The Morgan fingerprint density at radius 1 is 0.931 bits per heavy atom. The van der Waals surface area contributed by atoms with Crippen LogP contribution in [-0.4, -0.2) is 36.1 Å². The number of nitrogens with zero attached hydrogens (tertiary/aromatic N) is 1. The minimum absolute atomic E-state index is 0.00363. The molecule has 4 unspecified atom stereocenters. The number of fused-ring (bicyclic) bond motifs is 1. The van der Waals surface area contributed by atoms with E-state index < -0.39 is 0 Å². The van der Waals surface area contributed by atoms with E-state index in [2.05, 4.69) is 65.2 Å². The van der Waals surface area contributed by atoms with Gasteiger partial charge in [-0.3, -0.25) is 0 Å². The first-order valence-corrected chi connectivity index (χ1v) is 11.7. The monoisotopic (exact) mass is 403 g/mol. The van der Waals surface area contributed by atoms with Crippen LogP contribution in [0.4, 0.5) is 0 Å². The van der Waals surface area contributed by atoms with Crippen LogP contribution in [0, 0.1) is 11.8 Å². The highest BCUT2D eigenvalue weighted by Crippen LogP contribution is 2.43. The zero-order valence-corrected chi connectivity index (χ0v) is 19.9. The van der Waals surface area contributed by atoms with Gasteiger partial charge in [0.15, 0.2) is 0 Å². The van der Waals surface area contributed by atoms with Crippen molar-refractivity contribution < 1.29 is 9.47 Å². The summed E-state index contributed by atoms with van der Waals surface area (Å²) in [4.78, 5) is 2.59. The fourth-order valence-corrected chi connectivity index (χ4v) is 4.74. The third-order valence-electron chi connectivity index (χ3n) is 6.41. The van der Waals surface area contributed by atoms with Gasteiger partial charge in [0.25, 0.3) is 0 Å². The van der Waals surface area contributed by atoms with Gasteiger partial charge in [-0.2, -0.15) is 0 Å². The fraction of sp³-hybridized carbons (Fsp3) is 0.769. The Morgan fingerprint density at radius 3 is 1.76 bits per heavy atom. The minimum Gasteiger partial charge on any atom is -0.361 e. The number of hydrogen-bond acceptors (Lipinski definition) is 3. The molecule has 0 aliphatic carbocycles. The molecule has 0 aromatic carbocycles. The molecule has 2 saturated heterocycles. The molecular weight excluding hydrogens is 358 g/mol. The third-order valence-corrected chi connectivity index (χ3v) is 6.41. The molecular formula is C26H45NO2. The van der Waals surface area contributed by atoms with Gasteiger partial charge in [-0.1, -0.05) is 43.2 Å². The second-order valence-electron chi connectivity index (χ2n) is 10.1. The van der Waals surface area contributed by atoms with Crippen molar-refractivity contribution in [2.75, 3.05) is 13.2 Å². The summed E-state index contributed by atoms with van der Waals surface area (Å²) >= 11 is 0. The summed E-state index contributed by atoms with van der Waals surface area (Å²) in [5.74, 6) is 1.29. The molecule has 29 heavy (non-hydrogen) atoms. The first kappa shape index (κ1) is 24.4. The lowest BCUT2D eigenvalue weighted by atomic mass is 9.93. The normalized spacial score (nSPS) is 28.6. The van der Waals surface area contributed by atoms with Crippen LogP contribution < -0.4 is 0 Å². The van der Waals surface area contributed by atoms with Gasteiger partial charge < -0.3 is 9.47 Å². The molecule has 3 heteroatoms. The van der Waals surface area contributed by atoms with Gasteiger partial charge in [0.1, 0.15) is 12.5 Å². The number of allylic oxidation sites excluding steroid dienone is 4. The molecule has 2 aliphatic heterocycles. The van der Waals surface area contributed by atoms with Crippen molar-refractivity contribution in [1.29, 1.82) is 0 Å². The van der Waals surface area contributed by atoms with Gasteiger partial charge in [-0.15, -0.1) is 6.58 Å². The number of rotatable bonds is 12. The van der Waals surface area contributed by atoms with Crippen molar-refractivity contribution in [3.63, 3.8) is 0 Å². The van der Waals surface area contributed by atoms with Crippen LogP contribution in [0.5, 0.6) is 0 Å². The van der Waals surface area contributed by atoms with Gasteiger partial charge in [-0.05, 0) is 84.5 Å². The maximum absolute atomic E-state index is 6.37. The summed E-state index contributed by atoms with van der Waals surface area (Å²) in [6.45, 7) is 19.0. The average molecular weight is 404 g/mol. The molecule has 166 valence electrons. The van der Waals surface area contributed by atoms with Crippen LogP contribution in [-0.2, 0) is 9.47 Å². The molecule has 0 aromatic rings. The molecule has 0 bridgehead atoms. The standard InChI is InChI=1S/C26H45NO2/c1-8-15-26-18-28-24(16-22(6)13-9-11-20(2)3)27(26)25(29-19-26)17-23(7)14-10-12-21(4)5/h8,11-12,22-25H,1,9-10,13-19H2,2-7H3. The lowest BCUT2D eigenvalue weighted by Gasteiger charge is -2.35. The van der Waals surface area contributed by atoms with Crippen molar-refractivity contribution in [2.45, 2.75) is 104 Å². The minimum atomic E-state index is -0.00363. The molecule has 0 amide bonds. The highest BCUT2D eigenvalue weighted by Gasteiger charge is 2.55. The molecule has 0 spiro atoms. The van der Waals surface area contributed by atoms with Crippen LogP contribution in [0.1, 0.15) is 86.5 Å². The zero-order valence-electron chi connectivity index (χ0n) is 19.9. The SMILES string of the molecule is C=CCC12COC(CC(C)CCC=C(C)C)N1C(CC(C)CCC=C(C)C)OC2. The Hall–Kier alpha value is -0.900. The summed E-state index contributed by atoms with van der Waals surface area (Å²) < 4.78 is 12.7. The van der Waals surface area contributed by atoms with Crippen molar-refractivity contribution in [1.82, 2.24) is 4.90 Å². The van der Waals surface area contributed by atoms with Gasteiger partial charge in [0.05, 0.1) is 18.8 Å². The van der Waals surface area contributed by atoms with Crippen molar-refractivity contribution in [2.24, 2.45) is 11.8 Å². The lowest BCUT2D eigenvalue weighted by Crippen LogP contribution is -2.49. The maximum Gasteiger partial charge on any atom is 0.113 e. The van der Waals surface area contributed by atoms with E-state index in [4.69, 9.17) is 9.47 Å². The van der Waals surface area contributed by atoms with Gasteiger partial charge in [0, 0.05) is 0 Å². The average Bonchev–Trinajstić information content (AvgIpc) is 3.13. The van der Waals surface area contributed by atoms with Gasteiger partial charge in [0.2, 0.25) is 0 Å². The Kier molecular flexibility index (Phi) is 9.65. The molecule has 3 nitrogen and oxygen atoms in total. The Morgan fingerprint density at radius 2 is 1.38 bits per heavy atom. The van der Waals surface area contributed by atoms with Crippen LogP contribution in [0.2, 0.25) is 0 Å². The molecule has 2 heterocycles. The number of ether oxygens (including phenoxy) is 2. The molecule has 0 aromatic heterocycles. The highest BCUT2D eigenvalue weighted by atomic mass is 16.6. The summed E-state index contributed by atoms with van der Waals surface area (Å²) in [6, 6.07) is 0. The Labute approximate surface area is 180 Å². The first-order valence-electron chi connectivity index (χ1n) is 11.7. The topological polar surface area (TPSA) is 21.7 Å². The molecule has 4 atom stereocenters. The third kappa shape index (κ3) is 7.08. The van der Waals surface area contributed by atoms with E-state index >= 15 is 0 Å². The first-order chi connectivity index (χ1) is 13.8. The zero-order chi connectivity index (χ0) is 21.4. The predicted octanol–water partition coefficient (Wildman–Crippen LogP) is 6.86. The molecule has 0 radical (unpaired) electrons. The smallest absolute Gasteiger partial charge is 0.113 e. The van der Waals surface area contributed by atoms with Crippen LogP contribution >= 0.6 is 0 Å². The van der Waals surface area contributed by atoms with Crippen molar-refractivity contribution >= 4 is 0 Å². The van der Waals surface area contributed by atoms with Crippen molar-refractivity contribution in [3.8, 4) is 0 Å². The van der Waals surface area contributed by atoms with Gasteiger partial charge >= 0.3 is 0 Å². The summed E-state index contributed by atoms with van der Waals surface area (Å²) in [5.41, 5.74) is 2.82. The molecule has 2 rings (SSSR count). The van der Waals surface area contributed by atoms with E-state index in [0.29, 0.717) is 11.8 Å². The highest BCUT2D eigenvalue weighted by molar-refractivity contribution is 5.05. The maximum atomic E-state index is 6.37. The Bertz CT molecular complexity index is 529. The lowest BCUT2D eigenvalue weighted by molar-refractivity contribution is -0.0745. The molecule has 2 aliphatic rings. The second kappa shape index (κ2) is 11.5.